The van der Waals surface area contributed by atoms with Gasteiger partial charge in [0.25, 0.3) is 0 Å². The fourth-order valence-electron chi connectivity index (χ4n) is 4.59. The maximum Gasteiger partial charge on any atom is 0.194 e. The van der Waals surface area contributed by atoms with Gasteiger partial charge in [-0.2, -0.15) is 0 Å². The molecule has 0 bridgehead atoms. The van der Waals surface area contributed by atoms with Crippen LogP contribution in [0, 0.1) is 0 Å². The number of benzene rings is 2. The number of aliphatic hydroxyl groups is 1. The summed E-state index contributed by atoms with van der Waals surface area (Å²) in [6, 6.07) is 20.7. The fraction of sp³-hybridized carbons (Fsp3) is 0.423. The van der Waals surface area contributed by atoms with Crippen LogP contribution >= 0.6 is 0 Å². The molecule has 2 unspecified atom stereocenters. The highest BCUT2D eigenvalue weighted by Gasteiger charge is 2.32. The van der Waals surface area contributed by atoms with Crippen molar-refractivity contribution in [3.63, 3.8) is 0 Å². The maximum atomic E-state index is 11.8. The predicted octanol–water partition coefficient (Wildman–Crippen LogP) is 3.03. The maximum absolute atomic E-state index is 11.8. The van der Waals surface area contributed by atoms with Gasteiger partial charge in [-0.3, -0.25) is 4.90 Å². The van der Waals surface area contributed by atoms with Crippen LogP contribution in [0.1, 0.15) is 24.5 Å². The van der Waals surface area contributed by atoms with E-state index in [0.29, 0.717) is 19.0 Å². The lowest BCUT2D eigenvalue weighted by Gasteiger charge is -2.29. The monoisotopic (exact) mass is 418 g/mol. The Morgan fingerprint density at radius 3 is 2.42 bits per heavy atom. The van der Waals surface area contributed by atoms with Crippen LogP contribution < -0.4 is 5.32 Å². The lowest BCUT2D eigenvalue weighted by molar-refractivity contribution is 0.0465. The third kappa shape index (κ3) is 5.35. The molecule has 2 atom stereocenters. The molecule has 1 fully saturated rings. The molecule has 2 aromatic carbocycles. The number of nitrogens with one attached hydrogen (secondary N) is 1. The topological polar surface area (TPSA) is 51.1 Å². The van der Waals surface area contributed by atoms with E-state index >= 15 is 0 Å². The molecule has 0 aliphatic carbocycles. The predicted molar refractivity (Wildman–Crippen MR) is 127 cm³/mol. The Bertz CT molecular complexity index is 875. The van der Waals surface area contributed by atoms with Crippen molar-refractivity contribution in [2.24, 2.45) is 4.99 Å². The van der Waals surface area contributed by atoms with Gasteiger partial charge in [0.05, 0.1) is 6.54 Å². The molecule has 2 aromatic rings. The van der Waals surface area contributed by atoms with Crippen molar-refractivity contribution in [3.8, 4) is 0 Å². The fourth-order valence-corrected chi connectivity index (χ4v) is 4.59. The van der Waals surface area contributed by atoms with Crippen LogP contribution in [0.25, 0.3) is 0 Å². The summed E-state index contributed by atoms with van der Waals surface area (Å²) in [5.41, 5.74) is 0.957. The summed E-state index contributed by atoms with van der Waals surface area (Å²) in [7, 11) is 0. The van der Waals surface area contributed by atoms with Crippen molar-refractivity contribution < 1.29 is 5.11 Å². The van der Waals surface area contributed by atoms with Crippen molar-refractivity contribution in [1.29, 1.82) is 0 Å². The minimum absolute atomic E-state index is 0.320. The van der Waals surface area contributed by atoms with Crippen molar-refractivity contribution >= 4 is 5.96 Å². The van der Waals surface area contributed by atoms with E-state index in [1.165, 1.54) is 0 Å². The third-order valence-corrected chi connectivity index (χ3v) is 6.30. The molecule has 1 saturated heterocycles. The molecule has 4 rings (SSSR count). The number of hydrogen-bond donors (Lipinski definition) is 2. The summed E-state index contributed by atoms with van der Waals surface area (Å²) >= 11 is 0. The largest absolute Gasteiger partial charge is 0.383 e. The van der Waals surface area contributed by atoms with Crippen LogP contribution in [0.5, 0.6) is 0 Å². The van der Waals surface area contributed by atoms with Gasteiger partial charge in [-0.25, -0.2) is 4.99 Å². The van der Waals surface area contributed by atoms with E-state index < -0.39 is 5.60 Å². The first kappa shape index (κ1) is 21.6. The van der Waals surface area contributed by atoms with Crippen molar-refractivity contribution in [2.75, 3.05) is 39.3 Å². The normalized spacial score (nSPS) is 21.4. The summed E-state index contributed by atoms with van der Waals surface area (Å²) in [6.07, 6.45) is 6.19. The molecule has 164 valence electrons. The van der Waals surface area contributed by atoms with Crippen molar-refractivity contribution in [3.05, 3.63) is 83.9 Å². The van der Waals surface area contributed by atoms with E-state index in [1.54, 1.807) is 0 Å². The van der Waals surface area contributed by atoms with Crippen LogP contribution in [0.15, 0.2) is 77.8 Å². The molecule has 5 heteroatoms. The molecule has 0 saturated carbocycles. The van der Waals surface area contributed by atoms with E-state index in [9.17, 15) is 5.11 Å². The number of rotatable bonds is 7. The van der Waals surface area contributed by atoms with Gasteiger partial charge in [0.1, 0.15) is 5.60 Å². The Morgan fingerprint density at radius 2 is 1.74 bits per heavy atom. The average molecular weight is 419 g/mol. The first-order valence-corrected chi connectivity index (χ1v) is 11.4. The quantitative estimate of drug-likeness (QED) is 0.412. The van der Waals surface area contributed by atoms with Crippen LogP contribution in [-0.4, -0.2) is 66.2 Å². The minimum Gasteiger partial charge on any atom is -0.383 e. The van der Waals surface area contributed by atoms with E-state index in [1.807, 2.05) is 48.5 Å². The van der Waals surface area contributed by atoms with Gasteiger partial charge in [-0.1, -0.05) is 72.8 Å². The summed E-state index contributed by atoms with van der Waals surface area (Å²) in [5, 5.41) is 15.2. The highest BCUT2D eigenvalue weighted by molar-refractivity contribution is 5.80. The molecule has 2 N–H and O–H groups in total. The average Bonchev–Trinajstić information content (AvgIpc) is 3.50. The zero-order valence-corrected chi connectivity index (χ0v) is 18.5. The SMILES string of the molecule is CCNC(=NCC(O)(Cc1ccccc1)c1ccccc1)N1CCC(N2CC=CC2)C1. The smallest absolute Gasteiger partial charge is 0.194 e. The van der Waals surface area contributed by atoms with Crippen molar-refractivity contribution in [2.45, 2.75) is 31.4 Å². The lowest BCUT2D eigenvalue weighted by Crippen LogP contribution is -2.44. The summed E-state index contributed by atoms with van der Waals surface area (Å²) in [5.74, 6) is 0.902. The van der Waals surface area contributed by atoms with Gasteiger partial charge in [-0.15, -0.1) is 0 Å². The van der Waals surface area contributed by atoms with Crippen LogP contribution in [0.3, 0.4) is 0 Å². The highest BCUT2D eigenvalue weighted by atomic mass is 16.3. The van der Waals surface area contributed by atoms with Gasteiger partial charge in [-0.05, 0) is 24.5 Å². The van der Waals surface area contributed by atoms with E-state index in [4.69, 9.17) is 4.99 Å². The van der Waals surface area contributed by atoms with E-state index in [2.05, 4.69) is 46.3 Å². The molecule has 0 radical (unpaired) electrons. The molecule has 31 heavy (non-hydrogen) atoms. The first-order chi connectivity index (χ1) is 15.2. The molecule has 0 aromatic heterocycles. The molecule has 0 spiro atoms. The minimum atomic E-state index is -1.05. The third-order valence-electron chi connectivity index (χ3n) is 6.30. The Morgan fingerprint density at radius 1 is 1.06 bits per heavy atom. The molecular formula is C26H34N4O. The number of hydrogen-bond acceptors (Lipinski definition) is 3. The van der Waals surface area contributed by atoms with Gasteiger partial charge >= 0.3 is 0 Å². The molecule has 5 nitrogen and oxygen atoms in total. The second-order valence-electron chi connectivity index (χ2n) is 8.54. The van der Waals surface area contributed by atoms with Gasteiger partial charge in [0.2, 0.25) is 0 Å². The summed E-state index contributed by atoms with van der Waals surface area (Å²) < 4.78 is 0. The summed E-state index contributed by atoms with van der Waals surface area (Å²) in [4.78, 5) is 9.82. The van der Waals surface area contributed by atoms with Gasteiger partial charge in [0, 0.05) is 45.2 Å². The standard InChI is InChI=1S/C26H34N4O/c1-2-27-25(30-18-15-24(20-30)29-16-9-10-17-29)28-21-26(31,23-13-7-4-8-14-23)19-22-11-5-3-6-12-22/h3-14,24,31H,2,15-21H2,1H3,(H,27,28). The Labute approximate surface area is 186 Å². The van der Waals surface area contributed by atoms with Gasteiger partial charge in [0.15, 0.2) is 5.96 Å². The zero-order chi connectivity index (χ0) is 21.5. The van der Waals surface area contributed by atoms with Gasteiger partial charge < -0.3 is 15.3 Å². The molecule has 2 heterocycles. The van der Waals surface area contributed by atoms with Crippen LogP contribution in [0.4, 0.5) is 0 Å². The second kappa shape index (κ2) is 10.1. The van der Waals surface area contributed by atoms with Crippen LogP contribution in [0.2, 0.25) is 0 Å². The molecule has 2 aliphatic heterocycles. The molecule has 0 amide bonds. The van der Waals surface area contributed by atoms with E-state index in [-0.39, 0.29) is 0 Å². The number of guanidine groups is 1. The van der Waals surface area contributed by atoms with Crippen molar-refractivity contribution in [1.82, 2.24) is 15.1 Å². The van der Waals surface area contributed by atoms with E-state index in [0.717, 1.165) is 56.2 Å². The summed E-state index contributed by atoms with van der Waals surface area (Å²) in [6.45, 7) is 7.31. The zero-order valence-electron chi connectivity index (χ0n) is 18.5. The Kier molecular flexibility index (Phi) is 7.05. The number of aliphatic imine (C=N–C) groups is 1. The highest BCUT2D eigenvalue weighted by Crippen LogP contribution is 2.27. The Balaban J connectivity index is 1.52. The van der Waals surface area contributed by atoms with Crippen LogP contribution in [-0.2, 0) is 12.0 Å². The number of nitrogens with zero attached hydrogens (tertiary/aromatic N) is 3. The lowest BCUT2D eigenvalue weighted by atomic mass is 9.87. The molecular weight excluding hydrogens is 384 g/mol. The molecule has 2 aliphatic rings. The first-order valence-electron chi connectivity index (χ1n) is 11.4. The number of likely N-dealkylation sites (tertiary alicyclic amines) is 1. The Hall–Kier alpha value is -2.63. The second-order valence-corrected chi connectivity index (χ2v) is 8.54.